The number of halogens is 11. The molecule has 0 fully saturated rings. The van der Waals surface area contributed by atoms with Gasteiger partial charge in [0.25, 0.3) is 0 Å². The summed E-state index contributed by atoms with van der Waals surface area (Å²) < 4.78 is 164. The maximum absolute atomic E-state index is 15.5. The van der Waals surface area contributed by atoms with Gasteiger partial charge in [-0.1, -0.05) is 27.7 Å². The van der Waals surface area contributed by atoms with Gasteiger partial charge in [-0.25, -0.2) is 48.3 Å². The van der Waals surface area contributed by atoms with Gasteiger partial charge in [-0.05, 0) is 66.6 Å². The first-order valence-electron chi connectivity index (χ1n) is 13.4. The van der Waals surface area contributed by atoms with Crippen molar-refractivity contribution in [1.29, 1.82) is 0 Å². The van der Waals surface area contributed by atoms with Crippen molar-refractivity contribution in [3.05, 3.63) is 99.4 Å². The Balaban J connectivity index is 0.00000259. The second-order valence-corrected chi connectivity index (χ2v) is 10.2. The third-order valence-corrected chi connectivity index (χ3v) is 7.58. The first-order valence-corrected chi connectivity index (χ1v) is 14.0. The molecule has 0 aliphatic heterocycles. The quantitative estimate of drug-likeness (QED) is 0.111. The Kier molecular flexibility index (Phi) is 10.9. The van der Waals surface area contributed by atoms with Crippen LogP contribution in [-0.4, -0.2) is 0 Å². The zero-order chi connectivity index (χ0) is 33.4. The summed E-state index contributed by atoms with van der Waals surface area (Å²) in [6.45, 7) is 7.77. The smallest absolute Gasteiger partial charge is 0.170 e. The van der Waals surface area contributed by atoms with E-state index in [9.17, 15) is 26.3 Å². The fraction of sp³-hybridized carbons (Fsp3) is 0.250. The number of hydrogen-bond donors (Lipinski definition) is 0. The summed E-state index contributed by atoms with van der Waals surface area (Å²) in [5.74, 6) is -21.0. The topological polar surface area (TPSA) is 0 Å². The molecule has 0 aliphatic carbocycles. The molecule has 0 aromatic heterocycles. The molecule has 0 N–H and O–H groups in total. The van der Waals surface area contributed by atoms with Crippen LogP contribution in [-0.2, 0) is 0 Å². The van der Waals surface area contributed by atoms with Crippen LogP contribution in [0.4, 0.5) is 48.3 Å². The lowest BCUT2D eigenvalue weighted by Crippen LogP contribution is -2.11. The molecule has 1 unspecified atom stereocenters. The maximum Gasteiger partial charge on any atom is 0.170 e. The largest absolute Gasteiger partial charge is 0.206 e. The van der Waals surface area contributed by atoms with Crippen LogP contribution in [0.3, 0.4) is 0 Å². The third kappa shape index (κ3) is 5.83. The molecule has 0 aliphatic rings. The second kappa shape index (κ2) is 13.7. The zero-order valence-corrected chi connectivity index (χ0v) is 25.2. The van der Waals surface area contributed by atoms with Gasteiger partial charge in [0.15, 0.2) is 58.2 Å². The summed E-state index contributed by atoms with van der Waals surface area (Å²) >= 11 is 0. The van der Waals surface area contributed by atoms with Gasteiger partial charge < -0.3 is 0 Å². The average Bonchev–Trinajstić information content (AvgIpc) is 3.00. The Labute approximate surface area is 249 Å². The Bertz CT molecular complexity index is 1660. The predicted molar refractivity (Wildman–Crippen MR) is 151 cm³/mol. The van der Waals surface area contributed by atoms with E-state index in [1.54, 1.807) is 9.24 Å². The van der Waals surface area contributed by atoms with Crippen molar-refractivity contribution in [1.82, 2.24) is 0 Å². The van der Waals surface area contributed by atoms with Crippen LogP contribution in [0.5, 0.6) is 0 Å². The highest BCUT2D eigenvalue weighted by Gasteiger charge is 2.31. The summed E-state index contributed by atoms with van der Waals surface area (Å²) in [6.07, 6.45) is 0.196. The van der Waals surface area contributed by atoms with Crippen LogP contribution < -0.4 is 5.30 Å². The van der Waals surface area contributed by atoms with Gasteiger partial charge in [-0.15, -0.1) is 9.24 Å². The molecule has 0 heterocycles. The van der Waals surface area contributed by atoms with Gasteiger partial charge in [0, 0.05) is 16.4 Å². The summed E-state index contributed by atoms with van der Waals surface area (Å²) in [5, 5.41) is -0.537. The van der Waals surface area contributed by atoms with E-state index in [4.69, 9.17) is 0 Å². The Morgan fingerprint density at radius 2 is 0.841 bits per heavy atom. The van der Waals surface area contributed by atoms with Crippen molar-refractivity contribution in [3.63, 3.8) is 0 Å². The van der Waals surface area contributed by atoms with Crippen LogP contribution in [0.1, 0.15) is 57.6 Å². The van der Waals surface area contributed by atoms with Gasteiger partial charge in [0.2, 0.25) is 0 Å². The van der Waals surface area contributed by atoms with Gasteiger partial charge in [-0.2, -0.15) is 0 Å². The van der Waals surface area contributed by atoms with E-state index in [1.807, 2.05) is 13.8 Å². The molecule has 0 radical (unpaired) electrons. The highest BCUT2D eigenvalue weighted by atomic mass is 31.0. The molecule has 236 valence electrons. The molecule has 0 nitrogen and oxygen atoms in total. The molecule has 0 saturated carbocycles. The van der Waals surface area contributed by atoms with Crippen molar-refractivity contribution in [2.45, 2.75) is 53.4 Å². The SMILES string of the molecule is CC.CCC(CC)c1c(F)c(F)c(-c2cc(-c3c(F)c(F)cc(P)c3F)cc(-c3c(F)c(F)c(C)c(F)c3F)c2)c(F)c1F. The lowest BCUT2D eigenvalue weighted by molar-refractivity contribution is 0.424. The molecule has 12 heteroatoms. The Hall–Kier alpha value is -3.46. The Morgan fingerprint density at radius 3 is 1.20 bits per heavy atom. The molecular weight excluding hydrogens is 624 g/mol. The maximum atomic E-state index is 15.5. The molecule has 4 aromatic rings. The van der Waals surface area contributed by atoms with Crippen LogP contribution >= 0.6 is 9.24 Å². The lowest BCUT2D eigenvalue weighted by Gasteiger charge is -2.19. The van der Waals surface area contributed by atoms with E-state index in [-0.39, 0.29) is 12.8 Å². The predicted octanol–water partition coefficient (Wildman–Crippen LogP) is 11.0. The molecule has 4 aromatic carbocycles. The van der Waals surface area contributed by atoms with E-state index in [2.05, 4.69) is 0 Å². The van der Waals surface area contributed by atoms with Crippen LogP contribution in [0.15, 0.2) is 24.3 Å². The molecule has 44 heavy (non-hydrogen) atoms. The molecule has 0 saturated heterocycles. The monoisotopic (exact) mass is 650 g/mol. The van der Waals surface area contributed by atoms with E-state index in [1.165, 1.54) is 13.8 Å². The number of benzene rings is 4. The second-order valence-electron chi connectivity index (χ2n) is 9.56. The molecular formula is C32H26F11P. The summed E-state index contributed by atoms with van der Waals surface area (Å²) in [4.78, 5) is 0. The minimum absolute atomic E-state index is 0.0980. The van der Waals surface area contributed by atoms with Crippen LogP contribution in [0.25, 0.3) is 33.4 Å². The van der Waals surface area contributed by atoms with E-state index in [0.29, 0.717) is 24.3 Å². The summed E-state index contributed by atoms with van der Waals surface area (Å²) in [5.41, 5.74) is -8.76. The first-order chi connectivity index (χ1) is 20.7. The van der Waals surface area contributed by atoms with E-state index < -0.39 is 120 Å². The lowest BCUT2D eigenvalue weighted by atomic mass is 9.88. The van der Waals surface area contributed by atoms with Crippen molar-refractivity contribution in [3.8, 4) is 33.4 Å². The minimum Gasteiger partial charge on any atom is -0.206 e. The fourth-order valence-electron chi connectivity index (χ4n) is 4.89. The van der Waals surface area contributed by atoms with Crippen molar-refractivity contribution >= 4 is 14.5 Å². The van der Waals surface area contributed by atoms with Gasteiger partial charge in [-0.3, -0.25) is 0 Å². The van der Waals surface area contributed by atoms with E-state index >= 15 is 22.0 Å². The van der Waals surface area contributed by atoms with Crippen molar-refractivity contribution in [2.24, 2.45) is 0 Å². The zero-order valence-electron chi connectivity index (χ0n) is 24.0. The van der Waals surface area contributed by atoms with Crippen molar-refractivity contribution in [2.75, 3.05) is 0 Å². The number of hydrogen-bond acceptors (Lipinski definition) is 0. The first kappa shape index (κ1) is 35.0. The highest BCUT2D eigenvalue weighted by Crippen LogP contribution is 2.42. The Morgan fingerprint density at radius 1 is 0.500 bits per heavy atom. The van der Waals surface area contributed by atoms with Gasteiger partial charge in [0.1, 0.15) is 5.82 Å². The molecule has 4 rings (SSSR count). The summed E-state index contributed by atoms with van der Waals surface area (Å²) in [6, 6.07) is 2.13. The van der Waals surface area contributed by atoms with Gasteiger partial charge in [0.05, 0.1) is 16.7 Å². The molecule has 0 amide bonds. The third-order valence-electron chi connectivity index (χ3n) is 7.16. The highest BCUT2D eigenvalue weighted by molar-refractivity contribution is 7.27. The normalized spacial score (nSPS) is 11.2. The average molecular weight is 651 g/mol. The van der Waals surface area contributed by atoms with Crippen molar-refractivity contribution < 1.29 is 48.3 Å². The fourth-order valence-corrected chi connectivity index (χ4v) is 5.18. The van der Waals surface area contributed by atoms with Crippen LogP contribution in [0.2, 0.25) is 0 Å². The van der Waals surface area contributed by atoms with Gasteiger partial charge >= 0.3 is 0 Å². The molecule has 0 spiro atoms. The molecule has 0 bridgehead atoms. The van der Waals surface area contributed by atoms with Crippen LogP contribution in [0, 0.1) is 70.9 Å². The molecule has 1 atom stereocenters. The standard InChI is InChI=1S/C30H20F11P.C2H6/c1-4-11(5-2)17-27(38)29(40)20(30(41)28(17)39)14-7-12(18-23(34)15(31)9-16(42)24(18)35)6-13(8-14)19-25(36)21(32)10(3)22(33)26(19)37;1-2/h6-9,11H,4-5,42H2,1-3H3;1-2H3. The number of rotatable bonds is 6. The van der Waals surface area contributed by atoms with E-state index in [0.717, 1.165) is 6.92 Å². The summed E-state index contributed by atoms with van der Waals surface area (Å²) in [7, 11) is 1.76. The minimum atomic E-state index is -1.98.